The van der Waals surface area contributed by atoms with E-state index in [1.165, 1.54) is 12.1 Å². The Hall–Kier alpha value is -1.62. The monoisotopic (exact) mass is 421 g/mol. The zero-order chi connectivity index (χ0) is 21.4. The Labute approximate surface area is 170 Å². The number of rotatable bonds is 7. The molecule has 2 rings (SSSR count). The van der Waals surface area contributed by atoms with Gasteiger partial charge in [-0.05, 0) is 35.7 Å². The number of terminal acetylenes is 1. The second-order valence-corrected chi connectivity index (χ2v) is 15.6. The third kappa shape index (κ3) is 3.54. The lowest BCUT2D eigenvalue weighted by Gasteiger charge is -2.50. The molecule has 0 unspecified atom stereocenters. The molecule has 1 saturated heterocycles. The number of benzene rings is 1. The van der Waals surface area contributed by atoms with E-state index >= 15 is 0 Å². The second-order valence-electron chi connectivity index (χ2n) is 8.42. The smallest absolute Gasteiger partial charge is 0.268 e. The van der Waals surface area contributed by atoms with Crippen molar-refractivity contribution in [3.05, 3.63) is 29.8 Å². The van der Waals surface area contributed by atoms with Crippen molar-refractivity contribution < 1.29 is 17.6 Å². The van der Waals surface area contributed by atoms with Crippen molar-refractivity contribution in [2.45, 2.75) is 82.1 Å². The Morgan fingerprint density at radius 1 is 1.04 bits per heavy atom. The first-order chi connectivity index (χ1) is 12.9. The summed E-state index contributed by atoms with van der Waals surface area (Å²) in [6, 6.07) is 5.47. The van der Waals surface area contributed by atoms with E-state index < -0.39 is 36.4 Å². The molecule has 1 aliphatic heterocycles. The Morgan fingerprint density at radius 3 is 1.89 bits per heavy atom. The lowest BCUT2D eigenvalue weighted by molar-refractivity contribution is -0.150. The number of sulfonamides is 1. The number of carbonyl (C=O) groups is 1. The molecule has 5 nitrogen and oxygen atoms in total. The van der Waals surface area contributed by atoms with E-state index in [1.54, 1.807) is 12.1 Å². The topological polar surface area (TPSA) is 63.7 Å². The van der Waals surface area contributed by atoms with Gasteiger partial charge >= 0.3 is 0 Å². The molecule has 0 saturated carbocycles. The highest BCUT2D eigenvalue weighted by atomic mass is 32.2. The van der Waals surface area contributed by atoms with E-state index in [-0.39, 0.29) is 21.5 Å². The van der Waals surface area contributed by atoms with Gasteiger partial charge in [-0.25, -0.2) is 12.7 Å². The van der Waals surface area contributed by atoms with Gasteiger partial charge in [0.2, 0.25) is 8.32 Å². The van der Waals surface area contributed by atoms with E-state index in [9.17, 15) is 13.2 Å². The molecule has 0 spiro atoms. The molecule has 1 fully saturated rings. The summed E-state index contributed by atoms with van der Waals surface area (Å²) in [5.41, 5.74) is 1.73. The molecule has 0 aromatic heterocycles. The number of β-lactam (4-membered cyclic amide) rings is 1. The van der Waals surface area contributed by atoms with Gasteiger partial charge in [-0.2, -0.15) is 0 Å². The predicted molar refractivity (Wildman–Crippen MR) is 114 cm³/mol. The fourth-order valence-corrected chi connectivity index (χ4v) is 11.4. The number of hydrogen-bond donors (Lipinski definition) is 0. The van der Waals surface area contributed by atoms with Crippen molar-refractivity contribution in [1.29, 1.82) is 0 Å². The van der Waals surface area contributed by atoms with Crippen LogP contribution in [-0.2, 0) is 19.2 Å². The zero-order valence-corrected chi connectivity index (χ0v) is 19.6. The van der Waals surface area contributed by atoms with E-state index in [2.05, 4.69) is 47.5 Å². The van der Waals surface area contributed by atoms with Crippen LogP contribution in [0.5, 0.6) is 0 Å². The number of amides is 1. The van der Waals surface area contributed by atoms with Crippen molar-refractivity contribution in [3.63, 3.8) is 0 Å². The SMILES string of the molecule is C#C[C@H]1[C@@H](O[Si](C(C)C)(C(C)C)C(C)C)C(=O)N1S(=O)(=O)c1ccc(C)cc1. The fraction of sp³-hybridized carbons (Fsp3) is 0.571. The number of hydrogen-bond acceptors (Lipinski definition) is 4. The van der Waals surface area contributed by atoms with Crippen molar-refractivity contribution in [2.24, 2.45) is 0 Å². The molecule has 0 aliphatic carbocycles. The van der Waals surface area contributed by atoms with Crippen LogP contribution in [0.2, 0.25) is 16.6 Å². The predicted octanol–water partition coefficient (Wildman–Crippen LogP) is 4.09. The zero-order valence-electron chi connectivity index (χ0n) is 17.8. The largest absolute Gasteiger partial charge is 0.402 e. The molecule has 1 aromatic rings. The summed E-state index contributed by atoms with van der Waals surface area (Å²) in [6.07, 6.45) is 4.75. The minimum atomic E-state index is -4.00. The fourth-order valence-electron chi connectivity index (χ4n) is 4.43. The first-order valence-corrected chi connectivity index (χ1v) is 13.3. The highest BCUT2D eigenvalue weighted by Crippen LogP contribution is 2.45. The molecular weight excluding hydrogens is 390 g/mol. The van der Waals surface area contributed by atoms with Crippen LogP contribution >= 0.6 is 0 Å². The summed E-state index contributed by atoms with van der Waals surface area (Å²) >= 11 is 0. The molecule has 28 heavy (non-hydrogen) atoms. The van der Waals surface area contributed by atoms with Crippen LogP contribution in [0.15, 0.2) is 29.2 Å². The summed E-state index contributed by atoms with van der Waals surface area (Å²) in [4.78, 5) is 13.0. The van der Waals surface area contributed by atoms with Gasteiger partial charge in [0.1, 0.15) is 6.04 Å². The third-order valence-corrected chi connectivity index (χ3v) is 13.7. The van der Waals surface area contributed by atoms with Crippen LogP contribution in [0.3, 0.4) is 0 Å². The lowest BCUT2D eigenvalue weighted by atomic mass is 10.0. The Kier molecular flexibility index (Phi) is 6.49. The second kappa shape index (κ2) is 8.01. The van der Waals surface area contributed by atoms with Crippen LogP contribution in [0.1, 0.15) is 47.1 Å². The molecule has 2 atom stereocenters. The first-order valence-electron chi connectivity index (χ1n) is 9.70. The normalized spacial score (nSPS) is 20.6. The Morgan fingerprint density at radius 2 is 1.50 bits per heavy atom. The molecule has 0 N–H and O–H groups in total. The van der Waals surface area contributed by atoms with Gasteiger partial charge in [0, 0.05) is 0 Å². The molecule has 7 heteroatoms. The van der Waals surface area contributed by atoms with E-state index in [0.717, 1.165) is 9.87 Å². The molecule has 154 valence electrons. The number of nitrogens with zero attached hydrogens (tertiary/aromatic N) is 1. The summed E-state index contributed by atoms with van der Waals surface area (Å²) in [5, 5.41) is 0. The number of aryl methyl sites for hydroxylation is 1. The van der Waals surface area contributed by atoms with Crippen LogP contribution in [-0.4, -0.2) is 39.1 Å². The average Bonchev–Trinajstić information content (AvgIpc) is 2.59. The maximum atomic E-state index is 13.0. The minimum absolute atomic E-state index is 0.0604. The molecule has 1 aromatic carbocycles. The van der Waals surface area contributed by atoms with Crippen LogP contribution in [0.4, 0.5) is 0 Å². The van der Waals surface area contributed by atoms with E-state index in [4.69, 9.17) is 10.8 Å². The summed E-state index contributed by atoms with van der Waals surface area (Å²) in [6.45, 7) is 14.5. The molecule has 0 bridgehead atoms. The standard InChI is InChI=1S/C21H31NO4SSi/c1-9-19-20(26-28(14(2)3,15(4)5)16(6)7)21(23)22(19)27(24,25)18-12-10-17(8)11-13-18/h1,10-16,19-20H,2-8H3/t19-,20+/m0/s1. The summed E-state index contributed by atoms with van der Waals surface area (Å²) < 4.78 is 33.3. The molecule has 1 amide bonds. The van der Waals surface area contributed by atoms with Gasteiger partial charge in [0.05, 0.1) is 4.90 Å². The molecule has 1 heterocycles. The highest BCUT2D eigenvalue weighted by molar-refractivity contribution is 7.89. The maximum absolute atomic E-state index is 13.0. The molecule has 0 radical (unpaired) electrons. The van der Waals surface area contributed by atoms with Crippen molar-refractivity contribution >= 4 is 24.2 Å². The van der Waals surface area contributed by atoms with Gasteiger partial charge < -0.3 is 4.43 Å². The molecular formula is C21H31NO4SSi. The van der Waals surface area contributed by atoms with Gasteiger partial charge in [0.15, 0.2) is 6.10 Å². The summed E-state index contributed by atoms with van der Waals surface area (Å²) in [7, 11) is -6.38. The van der Waals surface area contributed by atoms with E-state index in [1.807, 2.05) is 6.92 Å². The quantitative estimate of drug-likeness (QED) is 0.378. The minimum Gasteiger partial charge on any atom is -0.402 e. The van der Waals surface area contributed by atoms with Gasteiger partial charge in [-0.1, -0.05) is 65.2 Å². The highest BCUT2D eigenvalue weighted by Gasteiger charge is 2.58. The van der Waals surface area contributed by atoms with Gasteiger partial charge in [-0.15, -0.1) is 6.42 Å². The lowest BCUT2D eigenvalue weighted by Crippen LogP contribution is -2.70. The first kappa shape index (κ1) is 22.7. The van der Waals surface area contributed by atoms with Crippen molar-refractivity contribution in [3.8, 4) is 12.3 Å². The van der Waals surface area contributed by atoms with Crippen LogP contribution < -0.4 is 0 Å². The Balaban J connectivity index is 2.38. The van der Waals surface area contributed by atoms with Gasteiger partial charge in [-0.3, -0.25) is 4.79 Å². The average molecular weight is 422 g/mol. The third-order valence-electron chi connectivity index (χ3n) is 5.79. The van der Waals surface area contributed by atoms with Crippen LogP contribution in [0.25, 0.3) is 0 Å². The van der Waals surface area contributed by atoms with Crippen molar-refractivity contribution in [1.82, 2.24) is 4.31 Å². The van der Waals surface area contributed by atoms with Crippen LogP contribution in [0, 0.1) is 19.3 Å². The summed E-state index contributed by atoms with van der Waals surface area (Å²) in [5.74, 6) is 1.91. The Bertz CT molecular complexity index is 847. The van der Waals surface area contributed by atoms with E-state index in [0.29, 0.717) is 0 Å². The maximum Gasteiger partial charge on any atom is 0.268 e. The van der Waals surface area contributed by atoms with Gasteiger partial charge in [0.25, 0.3) is 15.9 Å². The van der Waals surface area contributed by atoms with Crippen molar-refractivity contribution in [2.75, 3.05) is 0 Å². The molecule has 1 aliphatic rings. The number of carbonyl (C=O) groups excluding carboxylic acids is 1.